The van der Waals surface area contributed by atoms with Crippen molar-refractivity contribution in [3.63, 3.8) is 0 Å². The van der Waals surface area contributed by atoms with Crippen LogP contribution < -0.4 is 10.5 Å². The molecule has 2 N–H and O–H groups in total. The molecule has 100 valence electrons. The highest BCUT2D eigenvalue weighted by molar-refractivity contribution is 6.34. The largest absolute Gasteiger partial charge is 0.489 e. The van der Waals surface area contributed by atoms with Crippen molar-refractivity contribution in [1.82, 2.24) is 0 Å². The first-order valence-corrected chi connectivity index (χ1v) is 6.40. The second-order valence-electron chi connectivity index (χ2n) is 4.01. The maximum Gasteiger partial charge on any atom is 0.123 e. The summed E-state index contributed by atoms with van der Waals surface area (Å²) in [4.78, 5) is 0. The molecule has 2 rings (SSSR count). The van der Waals surface area contributed by atoms with E-state index in [9.17, 15) is 4.39 Å². The molecule has 0 saturated heterocycles. The van der Waals surface area contributed by atoms with Crippen molar-refractivity contribution < 1.29 is 9.13 Å². The minimum atomic E-state index is -0.310. The Kier molecular flexibility index (Phi) is 4.64. The van der Waals surface area contributed by atoms with Gasteiger partial charge in [-0.15, -0.1) is 0 Å². The van der Waals surface area contributed by atoms with E-state index in [0.717, 1.165) is 5.56 Å². The molecule has 0 aliphatic heterocycles. The van der Waals surface area contributed by atoms with Gasteiger partial charge in [0.2, 0.25) is 0 Å². The van der Waals surface area contributed by atoms with Crippen molar-refractivity contribution in [2.75, 3.05) is 0 Å². The summed E-state index contributed by atoms with van der Waals surface area (Å²) in [6.45, 7) is 0.538. The van der Waals surface area contributed by atoms with Crippen LogP contribution in [0.2, 0.25) is 10.0 Å². The Hall–Kier alpha value is -1.29. The van der Waals surface area contributed by atoms with E-state index in [1.54, 1.807) is 24.3 Å². The lowest BCUT2D eigenvalue weighted by molar-refractivity contribution is 0.305. The Morgan fingerprint density at radius 1 is 1.00 bits per heavy atom. The first-order valence-electron chi connectivity index (χ1n) is 5.65. The molecule has 0 amide bonds. The highest BCUT2D eigenvalue weighted by Gasteiger charge is 2.05. The molecule has 0 spiro atoms. The van der Waals surface area contributed by atoms with Crippen LogP contribution in [-0.4, -0.2) is 0 Å². The van der Waals surface area contributed by atoms with Crippen molar-refractivity contribution in [3.05, 3.63) is 63.4 Å². The van der Waals surface area contributed by atoms with Crippen LogP contribution in [-0.2, 0) is 13.2 Å². The van der Waals surface area contributed by atoms with Gasteiger partial charge in [-0.1, -0.05) is 29.3 Å². The van der Waals surface area contributed by atoms with Crippen LogP contribution in [0.5, 0.6) is 5.75 Å². The molecule has 0 fully saturated rings. The normalized spacial score (nSPS) is 10.5. The van der Waals surface area contributed by atoms with Gasteiger partial charge in [0.1, 0.15) is 18.2 Å². The Morgan fingerprint density at radius 3 is 2.32 bits per heavy atom. The van der Waals surface area contributed by atoms with Gasteiger partial charge in [-0.05, 0) is 41.5 Å². The standard InChI is InChI=1S/C14H12Cl2FNO/c15-11-4-12(16)6-14(5-11)19-8-9-1-2-13(17)3-10(9)7-18/h1-6H,7-8,18H2. The fourth-order valence-electron chi connectivity index (χ4n) is 1.70. The fourth-order valence-corrected chi connectivity index (χ4v) is 2.20. The third kappa shape index (κ3) is 3.83. The van der Waals surface area contributed by atoms with E-state index in [0.29, 0.717) is 21.4 Å². The van der Waals surface area contributed by atoms with Gasteiger partial charge in [0.05, 0.1) is 0 Å². The minimum Gasteiger partial charge on any atom is -0.489 e. The molecule has 5 heteroatoms. The van der Waals surface area contributed by atoms with E-state index >= 15 is 0 Å². The number of hydrogen-bond donors (Lipinski definition) is 1. The monoisotopic (exact) mass is 299 g/mol. The smallest absolute Gasteiger partial charge is 0.123 e. The maximum atomic E-state index is 13.1. The summed E-state index contributed by atoms with van der Waals surface area (Å²) in [6.07, 6.45) is 0. The van der Waals surface area contributed by atoms with Crippen LogP contribution in [0.25, 0.3) is 0 Å². The molecule has 2 nitrogen and oxygen atoms in total. The molecule has 0 atom stereocenters. The Bertz CT molecular complexity index is 569. The average Bonchev–Trinajstić information content (AvgIpc) is 2.36. The molecule has 0 aromatic heterocycles. The molecule has 0 heterocycles. The van der Waals surface area contributed by atoms with E-state index in [2.05, 4.69) is 0 Å². The third-order valence-electron chi connectivity index (χ3n) is 2.62. The summed E-state index contributed by atoms with van der Waals surface area (Å²) in [7, 11) is 0. The lowest BCUT2D eigenvalue weighted by Crippen LogP contribution is -2.05. The summed E-state index contributed by atoms with van der Waals surface area (Å²) in [5, 5.41) is 1.00. The molecular formula is C14H12Cl2FNO. The molecule has 2 aromatic rings. The molecule has 19 heavy (non-hydrogen) atoms. The van der Waals surface area contributed by atoms with Gasteiger partial charge in [0.15, 0.2) is 0 Å². The predicted molar refractivity (Wildman–Crippen MR) is 75.1 cm³/mol. The van der Waals surface area contributed by atoms with Crippen molar-refractivity contribution >= 4 is 23.2 Å². The van der Waals surface area contributed by atoms with E-state index in [4.69, 9.17) is 33.7 Å². The highest BCUT2D eigenvalue weighted by atomic mass is 35.5. The molecule has 0 aliphatic carbocycles. The fraction of sp³-hybridized carbons (Fsp3) is 0.143. The van der Waals surface area contributed by atoms with Crippen LogP contribution in [0.4, 0.5) is 4.39 Å². The van der Waals surface area contributed by atoms with Crippen LogP contribution in [0, 0.1) is 5.82 Å². The molecule has 0 saturated carbocycles. The minimum absolute atomic E-state index is 0.257. The van der Waals surface area contributed by atoms with E-state index in [1.165, 1.54) is 12.1 Å². The Labute approximate surface area is 120 Å². The van der Waals surface area contributed by atoms with Crippen molar-refractivity contribution in [3.8, 4) is 5.75 Å². The van der Waals surface area contributed by atoms with Crippen LogP contribution >= 0.6 is 23.2 Å². The van der Waals surface area contributed by atoms with Gasteiger partial charge < -0.3 is 10.5 Å². The lowest BCUT2D eigenvalue weighted by Gasteiger charge is -2.10. The molecule has 0 unspecified atom stereocenters. The second kappa shape index (κ2) is 6.24. The van der Waals surface area contributed by atoms with Gasteiger partial charge in [-0.2, -0.15) is 0 Å². The summed E-state index contributed by atoms with van der Waals surface area (Å²) in [5.41, 5.74) is 7.12. The maximum absolute atomic E-state index is 13.1. The summed E-state index contributed by atoms with van der Waals surface area (Å²) < 4.78 is 18.7. The number of nitrogens with two attached hydrogens (primary N) is 1. The lowest BCUT2D eigenvalue weighted by atomic mass is 10.1. The van der Waals surface area contributed by atoms with E-state index in [-0.39, 0.29) is 19.0 Å². The molecule has 0 bridgehead atoms. The van der Waals surface area contributed by atoms with Crippen molar-refractivity contribution in [1.29, 1.82) is 0 Å². The van der Waals surface area contributed by atoms with Gasteiger partial charge in [0, 0.05) is 16.6 Å². The molecular weight excluding hydrogens is 288 g/mol. The first kappa shape index (κ1) is 14.1. The number of ether oxygens (including phenoxy) is 1. The number of benzene rings is 2. The summed E-state index contributed by atoms with van der Waals surface area (Å²) in [5.74, 6) is 0.250. The number of halogens is 3. The second-order valence-corrected chi connectivity index (χ2v) is 4.88. The van der Waals surface area contributed by atoms with Crippen molar-refractivity contribution in [2.24, 2.45) is 5.73 Å². The van der Waals surface area contributed by atoms with Gasteiger partial charge in [-0.25, -0.2) is 4.39 Å². The number of rotatable bonds is 4. The highest BCUT2D eigenvalue weighted by Crippen LogP contribution is 2.25. The third-order valence-corrected chi connectivity index (χ3v) is 3.06. The molecule has 0 radical (unpaired) electrons. The number of hydrogen-bond acceptors (Lipinski definition) is 2. The molecule has 0 aliphatic rings. The Morgan fingerprint density at radius 2 is 1.68 bits per heavy atom. The summed E-state index contributed by atoms with van der Waals surface area (Å²) >= 11 is 11.8. The quantitative estimate of drug-likeness (QED) is 0.919. The van der Waals surface area contributed by atoms with Gasteiger partial charge >= 0.3 is 0 Å². The first-order chi connectivity index (χ1) is 9.08. The van der Waals surface area contributed by atoms with E-state index < -0.39 is 0 Å². The van der Waals surface area contributed by atoms with Crippen molar-refractivity contribution in [2.45, 2.75) is 13.2 Å². The predicted octanol–water partition coefficient (Wildman–Crippen LogP) is 4.17. The van der Waals surface area contributed by atoms with Gasteiger partial charge in [-0.3, -0.25) is 0 Å². The van der Waals surface area contributed by atoms with Crippen LogP contribution in [0.15, 0.2) is 36.4 Å². The van der Waals surface area contributed by atoms with Gasteiger partial charge in [0.25, 0.3) is 0 Å². The zero-order valence-electron chi connectivity index (χ0n) is 10.00. The summed E-state index contributed by atoms with van der Waals surface area (Å²) in [6, 6.07) is 9.40. The average molecular weight is 300 g/mol. The zero-order valence-corrected chi connectivity index (χ0v) is 11.5. The molecule has 2 aromatic carbocycles. The zero-order chi connectivity index (χ0) is 13.8. The van der Waals surface area contributed by atoms with Crippen LogP contribution in [0.1, 0.15) is 11.1 Å². The topological polar surface area (TPSA) is 35.2 Å². The van der Waals surface area contributed by atoms with Crippen LogP contribution in [0.3, 0.4) is 0 Å². The SMILES string of the molecule is NCc1cc(F)ccc1COc1cc(Cl)cc(Cl)c1. The van der Waals surface area contributed by atoms with E-state index in [1.807, 2.05) is 0 Å². The Balaban J connectivity index is 2.14.